The number of carbonyl (C=O) groups is 1. The number of carbonyl (C=O) groups excluding carboxylic acids is 1. The van der Waals surface area contributed by atoms with Crippen molar-refractivity contribution in [3.05, 3.63) is 51.7 Å². The normalized spacial score (nSPS) is 11.0. The Morgan fingerprint density at radius 1 is 1.26 bits per heavy atom. The molecule has 1 amide bonds. The van der Waals surface area contributed by atoms with Gasteiger partial charge in [-0.3, -0.25) is 9.69 Å². The predicted octanol–water partition coefficient (Wildman–Crippen LogP) is 2.98. The molecule has 2 rings (SSSR count). The van der Waals surface area contributed by atoms with Crippen LogP contribution in [0.25, 0.3) is 0 Å². The zero-order chi connectivity index (χ0) is 16.7. The van der Waals surface area contributed by atoms with E-state index in [0.717, 1.165) is 35.9 Å². The molecule has 0 aliphatic carbocycles. The summed E-state index contributed by atoms with van der Waals surface area (Å²) in [4.78, 5) is 18.8. The summed E-state index contributed by atoms with van der Waals surface area (Å²) in [6, 6.07) is 5.98. The number of rotatable bonds is 8. The molecule has 0 unspecified atom stereocenters. The fourth-order valence-corrected chi connectivity index (χ4v) is 2.93. The minimum Gasteiger partial charge on any atom is -0.349 e. The Morgan fingerprint density at radius 3 is 2.61 bits per heavy atom. The largest absolute Gasteiger partial charge is 0.349 e. The molecule has 2 aromatic rings. The van der Waals surface area contributed by atoms with E-state index in [1.807, 2.05) is 5.38 Å². The van der Waals surface area contributed by atoms with Gasteiger partial charge in [0.2, 0.25) is 5.91 Å². The summed E-state index contributed by atoms with van der Waals surface area (Å²) >= 11 is 1.56. The van der Waals surface area contributed by atoms with Crippen molar-refractivity contribution in [3.63, 3.8) is 0 Å². The van der Waals surface area contributed by atoms with E-state index in [9.17, 15) is 9.18 Å². The first-order chi connectivity index (χ1) is 11.1. The Hall–Kier alpha value is -1.79. The Kier molecular flexibility index (Phi) is 6.67. The van der Waals surface area contributed by atoms with E-state index in [1.54, 1.807) is 23.5 Å². The Balaban J connectivity index is 1.80. The molecule has 1 aromatic carbocycles. The zero-order valence-electron chi connectivity index (χ0n) is 13.5. The van der Waals surface area contributed by atoms with Gasteiger partial charge in [-0.2, -0.15) is 0 Å². The second-order valence-corrected chi connectivity index (χ2v) is 6.22. The highest BCUT2D eigenvalue weighted by Gasteiger charge is 2.08. The van der Waals surface area contributed by atoms with Crippen molar-refractivity contribution in [3.8, 4) is 0 Å². The van der Waals surface area contributed by atoms with Crippen LogP contribution in [0.15, 0.2) is 29.6 Å². The summed E-state index contributed by atoms with van der Waals surface area (Å²) < 4.78 is 12.8. The van der Waals surface area contributed by atoms with Crippen LogP contribution in [0, 0.1) is 5.82 Å². The van der Waals surface area contributed by atoms with Gasteiger partial charge < -0.3 is 5.32 Å². The van der Waals surface area contributed by atoms with Gasteiger partial charge in [0, 0.05) is 11.9 Å². The number of halogens is 1. The molecular formula is C17H22FN3OS. The molecule has 1 N–H and O–H groups in total. The summed E-state index contributed by atoms with van der Waals surface area (Å²) in [6.45, 7) is 7.53. The van der Waals surface area contributed by atoms with Crippen LogP contribution >= 0.6 is 11.3 Å². The summed E-state index contributed by atoms with van der Waals surface area (Å²) in [7, 11) is 0. The topological polar surface area (TPSA) is 45.2 Å². The highest BCUT2D eigenvalue weighted by Crippen LogP contribution is 2.12. The predicted molar refractivity (Wildman–Crippen MR) is 90.7 cm³/mol. The molecule has 4 nitrogen and oxygen atoms in total. The van der Waals surface area contributed by atoms with E-state index in [-0.39, 0.29) is 18.1 Å². The van der Waals surface area contributed by atoms with E-state index in [1.165, 1.54) is 12.1 Å². The first-order valence-corrected chi connectivity index (χ1v) is 8.65. The molecule has 6 heteroatoms. The third kappa shape index (κ3) is 5.73. The van der Waals surface area contributed by atoms with Crippen LogP contribution in [0.5, 0.6) is 0 Å². The van der Waals surface area contributed by atoms with Crippen molar-refractivity contribution in [2.24, 2.45) is 0 Å². The van der Waals surface area contributed by atoms with Crippen LogP contribution in [-0.2, 0) is 24.3 Å². The van der Waals surface area contributed by atoms with Crippen molar-refractivity contribution in [1.29, 1.82) is 0 Å². The number of benzene rings is 1. The number of aromatic nitrogens is 1. The molecule has 1 heterocycles. The number of nitrogens with one attached hydrogen (secondary N) is 1. The summed E-state index contributed by atoms with van der Waals surface area (Å²) in [6.07, 6.45) is 0.248. The van der Waals surface area contributed by atoms with Gasteiger partial charge >= 0.3 is 0 Å². The Bertz CT molecular complexity index is 623. The number of thiazole rings is 1. The van der Waals surface area contributed by atoms with Crippen molar-refractivity contribution < 1.29 is 9.18 Å². The summed E-state index contributed by atoms with van der Waals surface area (Å²) in [5, 5.41) is 5.80. The van der Waals surface area contributed by atoms with Gasteiger partial charge in [0.1, 0.15) is 10.8 Å². The quantitative estimate of drug-likeness (QED) is 0.807. The third-order valence-electron chi connectivity index (χ3n) is 3.59. The molecule has 0 aliphatic heterocycles. The number of hydrogen-bond donors (Lipinski definition) is 1. The van der Waals surface area contributed by atoms with Crippen molar-refractivity contribution in [1.82, 2.24) is 15.2 Å². The van der Waals surface area contributed by atoms with Crippen molar-refractivity contribution in [2.75, 3.05) is 13.1 Å². The SMILES string of the molecule is CCN(CC)Cc1csc(CNC(=O)Cc2ccc(F)cc2)n1. The fourth-order valence-electron chi connectivity index (χ4n) is 2.20. The molecule has 0 aliphatic rings. The van der Waals surface area contributed by atoms with Gasteiger partial charge in [0.25, 0.3) is 0 Å². The Labute approximate surface area is 140 Å². The molecule has 124 valence electrons. The molecule has 23 heavy (non-hydrogen) atoms. The third-order valence-corrected chi connectivity index (χ3v) is 4.49. The van der Waals surface area contributed by atoms with E-state index in [0.29, 0.717) is 6.54 Å². The summed E-state index contributed by atoms with van der Waals surface area (Å²) in [5.74, 6) is -0.380. The molecular weight excluding hydrogens is 313 g/mol. The van der Waals surface area contributed by atoms with Crippen molar-refractivity contribution in [2.45, 2.75) is 33.4 Å². The molecule has 0 atom stereocenters. The average molecular weight is 335 g/mol. The molecule has 0 radical (unpaired) electrons. The first kappa shape index (κ1) is 17.6. The van der Waals surface area contributed by atoms with Crippen LogP contribution < -0.4 is 5.32 Å². The van der Waals surface area contributed by atoms with Crippen LogP contribution in [0.2, 0.25) is 0 Å². The van der Waals surface area contributed by atoms with Crippen LogP contribution in [0.3, 0.4) is 0 Å². The average Bonchev–Trinajstić information content (AvgIpc) is 3.00. The number of nitrogens with zero attached hydrogens (tertiary/aromatic N) is 2. The van der Waals surface area contributed by atoms with E-state index >= 15 is 0 Å². The van der Waals surface area contributed by atoms with E-state index in [4.69, 9.17) is 0 Å². The summed E-state index contributed by atoms with van der Waals surface area (Å²) in [5.41, 5.74) is 1.84. The molecule has 0 spiro atoms. The smallest absolute Gasteiger partial charge is 0.224 e. The molecule has 1 aromatic heterocycles. The van der Waals surface area contributed by atoms with Gasteiger partial charge in [-0.1, -0.05) is 26.0 Å². The molecule has 0 saturated carbocycles. The van der Waals surface area contributed by atoms with E-state index in [2.05, 4.69) is 29.0 Å². The minimum absolute atomic E-state index is 0.0860. The van der Waals surface area contributed by atoms with Crippen LogP contribution in [0.4, 0.5) is 4.39 Å². The molecule has 0 bridgehead atoms. The lowest BCUT2D eigenvalue weighted by atomic mass is 10.1. The minimum atomic E-state index is -0.294. The lowest BCUT2D eigenvalue weighted by Crippen LogP contribution is -2.25. The van der Waals surface area contributed by atoms with Crippen LogP contribution in [-0.4, -0.2) is 28.9 Å². The van der Waals surface area contributed by atoms with Gasteiger partial charge in [-0.25, -0.2) is 9.37 Å². The van der Waals surface area contributed by atoms with Gasteiger partial charge in [0.05, 0.1) is 18.7 Å². The molecule has 0 saturated heterocycles. The zero-order valence-corrected chi connectivity index (χ0v) is 14.3. The molecule has 0 fully saturated rings. The second kappa shape index (κ2) is 8.74. The second-order valence-electron chi connectivity index (χ2n) is 5.27. The standard InChI is InChI=1S/C17H22FN3OS/c1-3-21(4-2)11-15-12-23-17(20-15)10-19-16(22)9-13-5-7-14(18)8-6-13/h5-8,12H,3-4,9-11H2,1-2H3,(H,19,22). The Morgan fingerprint density at radius 2 is 1.96 bits per heavy atom. The monoisotopic (exact) mass is 335 g/mol. The van der Waals surface area contributed by atoms with Gasteiger partial charge in [0.15, 0.2) is 0 Å². The van der Waals surface area contributed by atoms with Gasteiger partial charge in [-0.05, 0) is 30.8 Å². The maximum Gasteiger partial charge on any atom is 0.224 e. The lowest BCUT2D eigenvalue weighted by molar-refractivity contribution is -0.120. The first-order valence-electron chi connectivity index (χ1n) is 7.77. The number of hydrogen-bond acceptors (Lipinski definition) is 4. The van der Waals surface area contributed by atoms with E-state index < -0.39 is 0 Å². The van der Waals surface area contributed by atoms with Gasteiger partial charge in [-0.15, -0.1) is 11.3 Å². The van der Waals surface area contributed by atoms with Crippen molar-refractivity contribution >= 4 is 17.2 Å². The fraction of sp³-hybridized carbons (Fsp3) is 0.412. The van der Waals surface area contributed by atoms with Crippen LogP contribution in [0.1, 0.15) is 30.1 Å². The maximum absolute atomic E-state index is 12.8. The highest BCUT2D eigenvalue weighted by molar-refractivity contribution is 7.09. The maximum atomic E-state index is 12.8. The lowest BCUT2D eigenvalue weighted by Gasteiger charge is -2.15. The highest BCUT2D eigenvalue weighted by atomic mass is 32.1. The number of amides is 1.